The van der Waals surface area contributed by atoms with Crippen molar-refractivity contribution >= 4 is 5.91 Å². The van der Waals surface area contributed by atoms with E-state index in [1.807, 2.05) is 47.4 Å². The van der Waals surface area contributed by atoms with E-state index in [1.54, 1.807) is 12.4 Å². The van der Waals surface area contributed by atoms with Crippen molar-refractivity contribution in [1.29, 1.82) is 0 Å². The number of hydrogen-bond donors (Lipinski definition) is 1. The molecule has 0 spiro atoms. The molecule has 0 saturated carbocycles. The van der Waals surface area contributed by atoms with Crippen molar-refractivity contribution in [2.45, 2.75) is 32.4 Å². The molecule has 3 heterocycles. The summed E-state index contributed by atoms with van der Waals surface area (Å²) in [4.78, 5) is 19.5. The molecule has 5 heteroatoms. The van der Waals surface area contributed by atoms with E-state index in [1.165, 1.54) is 5.56 Å². The molecule has 31 heavy (non-hydrogen) atoms. The van der Waals surface area contributed by atoms with Crippen LogP contribution in [-0.4, -0.2) is 26.0 Å². The summed E-state index contributed by atoms with van der Waals surface area (Å²) >= 11 is 0. The lowest BCUT2D eigenvalue weighted by molar-refractivity contribution is 0.0730. The zero-order valence-electron chi connectivity index (χ0n) is 17.6. The molecule has 0 fully saturated rings. The molecular formula is C26H24N4O. The molecule has 154 valence electrons. The Morgan fingerprint density at radius 1 is 0.968 bits per heavy atom. The Balaban J connectivity index is 1.63. The van der Waals surface area contributed by atoms with Gasteiger partial charge >= 0.3 is 0 Å². The molecule has 2 aromatic carbocycles. The largest absolute Gasteiger partial charge is 0.322 e. The molecule has 0 bridgehead atoms. The number of rotatable bonds is 5. The number of H-pyrrole nitrogens is 1. The Morgan fingerprint density at radius 3 is 2.35 bits per heavy atom. The Labute approximate surface area is 181 Å². The lowest BCUT2D eigenvalue weighted by Crippen LogP contribution is -2.29. The standard InChI is InChI=1S/C26H24N4O/c1-17(2)19-8-10-21(11-9-19)25-22-23(20-6-4-3-5-7-20)28-29-24(22)26(31)30(25)16-18-12-14-27-15-13-18/h3-15,17,25H,16H2,1-2H3,(H,28,29). The Kier molecular flexibility index (Phi) is 4.86. The highest BCUT2D eigenvalue weighted by Crippen LogP contribution is 2.43. The zero-order chi connectivity index (χ0) is 21.4. The van der Waals surface area contributed by atoms with Crippen LogP contribution in [0.5, 0.6) is 0 Å². The molecule has 0 saturated heterocycles. The fourth-order valence-electron chi connectivity index (χ4n) is 4.27. The Morgan fingerprint density at radius 2 is 1.68 bits per heavy atom. The van der Waals surface area contributed by atoms with E-state index < -0.39 is 0 Å². The van der Waals surface area contributed by atoms with Gasteiger partial charge in [0, 0.05) is 30.1 Å². The summed E-state index contributed by atoms with van der Waals surface area (Å²) in [7, 11) is 0. The minimum absolute atomic E-state index is 0.0283. The number of pyridine rings is 1. The SMILES string of the molecule is CC(C)c1ccc(C2c3c(-c4ccccc4)n[nH]c3C(=O)N2Cc2ccncc2)cc1. The molecule has 1 atom stereocenters. The van der Waals surface area contributed by atoms with Crippen molar-refractivity contribution in [3.8, 4) is 11.3 Å². The minimum Gasteiger partial charge on any atom is -0.322 e. The highest BCUT2D eigenvalue weighted by Gasteiger charge is 2.42. The molecule has 5 rings (SSSR count). The van der Waals surface area contributed by atoms with Crippen LogP contribution in [0.4, 0.5) is 0 Å². The van der Waals surface area contributed by atoms with Gasteiger partial charge in [0.1, 0.15) is 5.69 Å². The molecule has 1 aliphatic rings. The van der Waals surface area contributed by atoms with Crippen LogP contribution >= 0.6 is 0 Å². The zero-order valence-corrected chi connectivity index (χ0v) is 17.6. The van der Waals surface area contributed by atoms with Crippen molar-refractivity contribution < 1.29 is 4.79 Å². The van der Waals surface area contributed by atoms with E-state index in [2.05, 4.69) is 53.3 Å². The smallest absolute Gasteiger partial charge is 0.273 e. The maximum Gasteiger partial charge on any atom is 0.273 e. The molecule has 0 aliphatic carbocycles. The maximum atomic E-state index is 13.4. The van der Waals surface area contributed by atoms with Crippen LogP contribution in [0.2, 0.25) is 0 Å². The second-order valence-corrected chi connectivity index (χ2v) is 8.24. The van der Waals surface area contributed by atoms with Gasteiger partial charge in [-0.15, -0.1) is 0 Å². The summed E-state index contributed by atoms with van der Waals surface area (Å²) in [5.74, 6) is 0.427. The predicted octanol–water partition coefficient (Wildman–Crippen LogP) is 5.34. The Bertz CT molecular complexity index is 1200. The fraction of sp³-hybridized carbons (Fsp3) is 0.192. The summed E-state index contributed by atoms with van der Waals surface area (Å²) < 4.78 is 0. The number of hydrogen-bond acceptors (Lipinski definition) is 3. The first kappa shape index (κ1) is 19.2. The van der Waals surface area contributed by atoms with Crippen molar-refractivity contribution in [1.82, 2.24) is 20.1 Å². The summed E-state index contributed by atoms with van der Waals surface area (Å²) in [5.41, 5.74) is 6.77. The first-order valence-electron chi connectivity index (χ1n) is 10.6. The van der Waals surface area contributed by atoms with Gasteiger partial charge in [0.05, 0.1) is 11.7 Å². The van der Waals surface area contributed by atoms with Gasteiger partial charge in [-0.1, -0.05) is 68.4 Å². The van der Waals surface area contributed by atoms with E-state index in [9.17, 15) is 4.79 Å². The van der Waals surface area contributed by atoms with E-state index in [0.717, 1.165) is 27.9 Å². The first-order chi connectivity index (χ1) is 15.1. The van der Waals surface area contributed by atoms with Gasteiger partial charge in [-0.2, -0.15) is 5.10 Å². The van der Waals surface area contributed by atoms with Gasteiger partial charge in [-0.05, 0) is 34.7 Å². The van der Waals surface area contributed by atoms with Crippen LogP contribution in [0.25, 0.3) is 11.3 Å². The normalized spacial score (nSPS) is 15.5. The van der Waals surface area contributed by atoms with Gasteiger partial charge in [-0.25, -0.2) is 0 Å². The molecule has 5 nitrogen and oxygen atoms in total. The number of carbonyl (C=O) groups is 1. The summed E-state index contributed by atoms with van der Waals surface area (Å²) in [5, 5.41) is 7.57. The van der Waals surface area contributed by atoms with Crippen LogP contribution in [0.15, 0.2) is 79.1 Å². The number of carbonyl (C=O) groups excluding carboxylic acids is 1. The second-order valence-electron chi connectivity index (χ2n) is 8.24. The molecule has 1 N–H and O–H groups in total. The molecule has 2 aromatic heterocycles. The van der Waals surface area contributed by atoms with E-state index >= 15 is 0 Å². The van der Waals surface area contributed by atoms with Gasteiger partial charge < -0.3 is 4.90 Å². The average Bonchev–Trinajstić information content (AvgIpc) is 3.35. The van der Waals surface area contributed by atoms with Gasteiger partial charge in [0.15, 0.2) is 0 Å². The molecule has 1 unspecified atom stereocenters. The third-order valence-electron chi connectivity index (χ3n) is 5.93. The lowest BCUT2D eigenvalue weighted by Gasteiger charge is -2.27. The number of fused-ring (bicyclic) bond motifs is 1. The van der Waals surface area contributed by atoms with Gasteiger partial charge in [-0.3, -0.25) is 14.9 Å². The summed E-state index contributed by atoms with van der Waals surface area (Å²) in [6, 6.07) is 22.4. The van der Waals surface area contributed by atoms with Crippen molar-refractivity contribution in [3.63, 3.8) is 0 Å². The number of aromatic nitrogens is 3. The van der Waals surface area contributed by atoms with Crippen molar-refractivity contribution in [2.24, 2.45) is 0 Å². The van der Waals surface area contributed by atoms with Crippen molar-refractivity contribution in [3.05, 3.63) is 107 Å². The summed E-state index contributed by atoms with van der Waals surface area (Å²) in [6.45, 7) is 4.88. The van der Waals surface area contributed by atoms with E-state index in [-0.39, 0.29) is 11.9 Å². The highest BCUT2D eigenvalue weighted by molar-refractivity contribution is 6.00. The van der Waals surface area contributed by atoms with Crippen LogP contribution in [0.1, 0.15) is 58.5 Å². The molecule has 1 aliphatic heterocycles. The molecule has 0 radical (unpaired) electrons. The quantitative estimate of drug-likeness (QED) is 0.485. The Hall–Kier alpha value is -3.73. The molecule has 4 aromatic rings. The van der Waals surface area contributed by atoms with E-state index in [0.29, 0.717) is 18.2 Å². The molecule has 1 amide bonds. The second kappa shape index (κ2) is 7.84. The number of amides is 1. The number of nitrogens with zero attached hydrogens (tertiary/aromatic N) is 3. The molecular weight excluding hydrogens is 384 g/mol. The van der Waals surface area contributed by atoms with E-state index in [4.69, 9.17) is 0 Å². The van der Waals surface area contributed by atoms with Crippen LogP contribution in [0.3, 0.4) is 0 Å². The predicted molar refractivity (Wildman–Crippen MR) is 121 cm³/mol. The fourth-order valence-corrected chi connectivity index (χ4v) is 4.27. The van der Waals surface area contributed by atoms with Gasteiger partial charge in [0.25, 0.3) is 5.91 Å². The average molecular weight is 409 g/mol. The number of benzene rings is 2. The van der Waals surface area contributed by atoms with Crippen LogP contribution in [-0.2, 0) is 6.54 Å². The number of nitrogens with one attached hydrogen (secondary N) is 1. The third-order valence-corrected chi connectivity index (χ3v) is 5.93. The van der Waals surface area contributed by atoms with Crippen molar-refractivity contribution in [2.75, 3.05) is 0 Å². The minimum atomic E-state index is -0.203. The van der Waals surface area contributed by atoms with Crippen LogP contribution in [0, 0.1) is 0 Å². The van der Waals surface area contributed by atoms with Gasteiger partial charge in [0.2, 0.25) is 0 Å². The topological polar surface area (TPSA) is 61.9 Å². The monoisotopic (exact) mass is 408 g/mol. The first-order valence-corrected chi connectivity index (χ1v) is 10.6. The highest BCUT2D eigenvalue weighted by atomic mass is 16.2. The van der Waals surface area contributed by atoms with Crippen LogP contribution < -0.4 is 0 Å². The maximum absolute atomic E-state index is 13.4. The summed E-state index contributed by atoms with van der Waals surface area (Å²) in [6.07, 6.45) is 3.52. The third kappa shape index (κ3) is 3.42. The number of aromatic amines is 1. The lowest BCUT2D eigenvalue weighted by atomic mass is 9.93.